The van der Waals surface area contributed by atoms with Crippen LogP contribution in [0.15, 0.2) is 84.9 Å². The van der Waals surface area contributed by atoms with Gasteiger partial charge in [-0.2, -0.15) is 0 Å². The highest BCUT2D eigenvalue weighted by molar-refractivity contribution is 5.99. The summed E-state index contributed by atoms with van der Waals surface area (Å²) in [7, 11) is 0. The van der Waals surface area contributed by atoms with Gasteiger partial charge in [-0.05, 0) is 50.2 Å². The van der Waals surface area contributed by atoms with Gasteiger partial charge in [0.05, 0.1) is 11.1 Å². The van der Waals surface area contributed by atoms with Crippen molar-refractivity contribution in [3.05, 3.63) is 107 Å². The number of hydrogen-bond donors (Lipinski definition) is 0. The molecule has 0 heterocycles. The molecule has 0 spiro atoms. The molecule has 0 atom stereocenters. The van der Waals surface area contributed by atoms with E-state index in [1.807, 2.05) is 50.2 Å². The van der Waals surface area contributed by atoms with Gasteiger partial charge in [-0.1, -0.05) is 59.7 Å². The van der Waals surface area contributed by atoms with Gasteiger partial charge < -0.3 is 9.47 Å². The molecule has 4 aromatic carbocycles. The molecule has 0 aliphatic heterocycles. The van der Waals surface area contributed by atoms with Crippen LogP contribution in [0.2, 0.25) is 0 Å². The summed E-state index contributed by atoms with van der Waals surface area (Å²) in [4.78, 5) is 25.2. The van der Waals surface area contributed by atoms with Crippen molar-refractivity contribution >= 4 is 22.7 Å². The normalized spacial score (nSPS) is 10.6. The summed E-state index contributed by atoms with van der Waals surface area (Å²) in [5.41, 5.74) is 2.92. The van der Waals surface area contributed by atoms with Gasteiger partial charge in [0.15, 0.2) is 0 Å². The summed E-state index contributed by atoms with van der Waals surface area (Å²) in [6, 6.07) is 25.1. The SMILES string of the molecule is Cc1cccc(C(=O)Oc2cccc3c(OC(=O)c4cccc(C)c4)cccc23)c1. The minimum absolute atomic E-state index is 0.410. The first-order chi connectivity index (χ1) is 14.5. The second kappa shape index (κ2) is 8.21. The Labute approximate surface area is 174 Å². The fourth-order valence-corrected chi connectivity index (χ4v) is 3.29. The van der Waals surface area contributed by atoms with Gasteiger partial charge >= 0.3 is 11.9 Å². The molecule has 0 unspecified atom stereocenters. The number of aryl methyl sites for hydroxylation is 2. The molecule has 0 N–H and O–H groups in total. The van der Waals surface area contributed by atoms with E-state index in [0.717, 1.165) is 11.1 Å². The maximum Gasteiger partial charge on any atom is 0.343 e. The van der Waals surface area contributed by atoms with E-state index >= 15 is 0 Å². The number of fused-ring (bicyclic) bond motifs is 1. The Morgan fingerprint density at radius 2 is 0.967 bits per heavy atom. The summed E-state index contributed by atoms with van der Waals surface area (Å²) in [6.45, 7) is 3.84. The van der Waals surface area contributed by atoms with E-state index in [1.165, 1.54) is 0 Å². The molecule has 0 fully saturated rings. The van der Waals surface area contributed by atoms with Crippen LogP contribution in [0.25, 0.3) is 10.8 Å². The molecule has 0 saturated heterocycles. The molecule has 0 aliphatic rings. The number of hydrogen-bond acceptors (Lipinski definition) is 4. The van der Waals surface area contributed by atoms with E-state index in [-0.39, 0.29) is 0 Å². The Balaban J connectivity index is 1.64. The third-order valence-corrected chi connectivity index (χ3v) is 4.75. The Kier molecular flexibility index (Phi) is 5.31. The lowest BCUT2D eigenvalue weighted by molar-refractivity contribution is 0.0725. The van der Waals surface area contributed by atoms with Gasteiger partial charge in [-0.3, -0.25) is 0 Å². The van der Waals surface area contributed by atoms with Crippen LogP contribution in [-0.2, 0) is 0 Å². The smallest absolute Gasteiger partial charge is 0.343 e. The monoisotopic (exact) mass is 396 g/mol. The lowest BCUT2D eigenvalue weighted by Gasteiger charge is -2.11. The second-order valence-corrected chi connectivity index (χ2v) is 7.13. The van der Waals surface area contributed by atoms with Gasteiger partial charge in [0.2, 0.25) is 0 Å². The average Bonchev–Trinajstić information content (AvgIpc) is 2.74. The quantitative estimate of drug-likeness (QED) is 0.319. The van der Waals surface area contributed by atoms with Crippen molar-refractivity contribution in [2.45, 2.75) is 13.8 Å². The van der Waals surface area contributed by atoms with Crippen molar-refractivity contribution in [3.63, 3.8) is 0 Å². The Hall–Kier alpha value is -3.92. The van der Waals surface area contributed by atoms with Crippen LogP contribution in [0.4, 0.5) is 0 Å². The summed E-state index contributed by atoms with van der Waals surface area (Å²) < 4.78 is 11.3. The maximum absolute atomic E-state index is 12.6. The molecule has 148 valence electrons. The number of carbonyl (C=O) groups excluding carboxylic acids is 2. The zero-order valence-corrected chi connectivity index (χ0v) is 16.7. The fraction of sp³-hybridized carbons (Fsp3) is 0.0769. The summed E-state index contributed by atoms with van der Waals surface area (Å²) >= 11 is 0. The van der Waals surface area contributed by atoms with Crippen LogP contribution in [0, 0.1) is 13.8 Å². The largest absolute Gasteiger partial charge is 0.422 e. The van der Waals surface area contributed by atoms with E-state index in [1.54, 1.807) is 48.5 Å². The standard InChI is InChI=1S/C26H20O4/c1-17-7-3-9-19(15-17)25(27)29-23-13-5-12-22-21(23)11-6-14-24(22)30-26(28)20-10-4-8-18(2)16-20/h3-16H,1-2H3. The van der Waals surface area contributed by atoms with E-state index in [4.69, 9.17) is 9.47 Å². The summed E-state index contributed by atoms with van der Waals surface area (Å²) in [6.07, 6.45) is 0. The Morgan fingerprint density at radius 3 is 1.37 bits per heavy atom. The van der Waals surface area contributed by atoms with Crippen molar-refractivity contribution in [3.8, 4) is 11.5 Å². The predicted molar refractivity (Wildman–Crippen MR) is 116 cm³/mol. The number of carbonyl (C=O) groups is 2. The molecular formula is C26H20O4. The highest BCUT2D eigenvalue weighted by atomic mass is 16.5. The third-order valence-electron chi connectivity index (χ3n) is 4.75. The molecular weight excluding hydrogens is 376 g/mol. The van der Waals surface area contributed by atoms with Crippen LogP contribution in [0.1, 0.15) is 31.8 Å². The first-order valence-corrected chi connectivity index (χ1v) is 9.61. The molecule has 4 aromatic rings. The van der Waals surface area contributed by atoms with Crippen molar-refractivity contribution < 1.29 is 19.1 Å². The lowest BCUT2D eigenvalue weighted by atomic mass is 10.1. The van der Waals surface area contributed by atoms with Crippen molar-refractivity contribution in [1.82, 2.24) is 0 Å². The van der Waals surface area contributed by atoms with Crippen LogP contribution in [0.3, 0.4) is 0 Å². The Morgan fingerprint density at radius 1 is 0.567 bits per heavy atom. The molecule has 0 radical (unpaired) electrons. The molecule has 30 heavy (non-hydrogen) atoms. The summed E-state index contributed by atoms with van der Waals surface area (Å²) in [5.74, 6) is -0.0540. The minimum atomic E-state index is -0.437. The number of rotatable bonds is 4. The third kappa shape index (κ3) is 4.08. The molecule has 4 nitrogen and oxygen atoms in total. The maximum atomic E-state index is 12.6. The minimum Gasteiger partial charge on any atom is -0.422 e. The molecule has 0 bridgehead atoms. The Bertz CT molecular complexity index is 1160. The molecule has 4 rings (SSSR count). The molecule has 0 aromatic heterocycles. The molecule has 0 amide bonds. The van der Waals surface area contributed by atoms with Crippen LogP contribution >= 0.6 is 0 Å². The van der Waals surface area contributed by atoms with Gasteiger partial charge in [-0.15, -0.1) is 0 Å². The number of esters is 2. The van der Waals surface area contributed by atoms with E-state index in [2.05, 4.69) is 0 Å². The van der Waals surface area contributed by atoms with Crippen LogP contribution in [-0.4, -0.2) is 11.9 Å². The van der Waals surface area contributed by atoms with Gasteiger partial charge in [-0.25, -0.2) is 9.59 Å². The highest BCUT2D eigenvalue weighted by Gasteiger charge is 2.15. The van der Waals surface area contributed by atoms with Crippen LogP contribution < -0.4 is 9.47 Å². The van der Waals surface area contributed by atoms with E-state index < -0.39 is 11.9 Å². The van der Waals surface area contributed by atoms with Gasteiger partial charge in [0.1, 0.15) is 11.5 Å². The lowest BCUT2D eigenvalue weighted by Crippen LogP contribution is -2.10. The fourth-order valence-electron chi connectivity index (χ4n) is 3.29. The van der Waals surface area contributed by atoms with Crippen molar-refractivity contribution in [2.75, 3.05) is 0 Å². The van der Waals surface area contributed by atoms with Gasteiger partial charge in [0, 0.05) is 10.8 Å². The topological polar surface area (TPSA) is 52.6 Å². The predicted octanol–water partition coefficient (Wildman–Crippen LogP) is 5.90. The average molecular weight is 396 g/mol. The molecule has 0 saturated carbocycles. The van der Waals surface area contributed by atoms with Crippen molar-refractivity contribution in [2.24, 2.45) is 0 Å². The first-order valence-electron chi connectivity index (χ1n) is 9.61. The van der Waals surface area contributed by atoms with Crippen LogP contribution in [0.5, 0.6) is 11.5 Å². The van der Waals surface area contributed by atoms with E-state index in [0.29, 0.717) is 33.4 Å². The second-order valence-electron chi connectivity index (χ2n) is 7.13. The number of ether oxygens (including phenoxy) is 2. The zero-order valence-electron chi connectivity index (χ0n) is 16.7. The molecule has 0 aliphatic carbocycles. The van der Waals surface area contributed by atoms with Crippen molar-refractivity contribution in [1.29, 1.82) is 0 Å². The van der Waals surface area contributed by atoms with E-state index in [9.17, 15) is 9.59 Å². The number of benzene rings is 4. The first kappa shape index (κ1) is 19.4. The molecule has 4 heteroatoms. The van der Waals surface area contributed by atoms with Gasteiger partial charge in [0.25, 0.3) is 0 Å². The highest BCUT2D eigenvalue weighted by Crippen LogP contribution is 2.33. The summed E-state index contributed by atoms with van der Waals surface area (Å²) in [5, 5.41) is 1.38. The zero-order chi connectivity index (χ0) is 21.1.